The van der Waals surface area contributed by atoms with E-state index in [4.69, 9.17) is 5.11 Å². The number of amides is 1. The number of hydrogen-bond donors (Lipinski definition) is 1. The molecular weight excluding hydrogens is 260 g/mol. The van der Waals surface area contributed by atoms with Crippen molar-refractivity contribution in [3.05, 3.63) is 24.5 Å². The fourth-order valence-corrected chi connectivity index (χ4v) is 3.17. The summed E-state index contributed by atoms with van der Waals surface area (Å²) < 4.78 is 0. The number of nitrogens with zero attached hydrogens (tertiary/aromatic N) is 2. The predicted molar refractivity (Wildman–Crippen MR) is 76.0 cm³/mol. The number of thioether (sulfide) groups is 1. The number of aliphatic hydroxyl groups excluding tert-OH is 1. The van der Waals surface area contributed by atoms with E-state index in [2.05, 4.69) is 4.98 Å². The number of piperidine rings is 1. The van der Waals surface area contributed by atoms with Gasteiger partial charge in [-0.2, -0.15) is 0 Å². The normalized spacial score (nSPS) is 19.4. The third-order valence-electron chi connectivity index (χ3n) is 3.42. The van der Waals surface area contributed by atoms with Gasteiger partial charge in [0.2, 0.25) is 5.91 Å². The van der Waals surface area contributed by atoms with Gasteiger partial charge in [0.05, 0.1) is 5.75 Å². The van der Waals surface area contributed by atoms with E-state index in [0.29, 0.717) is 11.7 Å². The Morgan fingerprint density at radius 2 is 2.26 bits per heavy atom. The molecule has 5 heteroatoms. The maximum Gasteiger partial charge on any atom is 0.232 e. The molecule has 0 aromatic carbocycles. The van der Waals surface area contributed by atoms with Gasteiger partial charge < -0.3 is 10.0 Å². The third kappa shape index (κ3) is 4.51. The minimum Gasteiger partial charge on any atom is -0.396 e. The van der Waals surface area contributed by atoms with Crippen LogP contribution in [0.5, 0.6) is 0 Å². The van der Waals surface area contributed by atoms with E-state index < -0.39 is 0 Å². The highest BCUT2D eigenvalue weighted by atomic mass is 32.2. The van der Waals surface area contributed by atoms with E-state index >= 15 is 0 Å². The first kappa shape index (κ1) is 14.3. The van der Waals surface area contributed by atoms with Crippen molar-refractivity contribution in [2.45, 2.75) is 24.2 Å². The summed E-state index contributed by atoms with van der Waals surface area (Å²) in [6.07, 6.45) is 6.47. The van der Waals surface area contributed by atoms with Crippen molar-refractivity contribution in [2.75, 3.05) is 25.4 Å². The molecule has 1 aliphatic rings. The number of aromatic nitrogens is 1. The number of likely N-dealkylation sites (tertiary alicyclic amines) is 1. The van der Waals surface area contributed by atoms with Gasteiger partial charge in [-0.25, -0.2) is 0 Å². The summed E-state index contributed by atoms with van der Waals surface area (Å²) in [5.74, 6) is 1.15. The Morgan fingerprint density at radius 3 is 3.00 bits per heavy atom. The zero-order chi connectivity index (χ0) is 13.5. The molecule has 1 fully saturated rings. The lowest BCUT2D eigenvalue weighted by atomic mass is 9.95. The van der Waals surface area contributed by atoms with Gasteiger partial charge in [-0.05, 0) is 37.3 Å². The van der Waals surface area contributed by atoms with Crippen LogP contribution in [-0.2, 0) is 4.79 Å². The number of rotatable bonds is 5. The first-order chi connectivity index (χ1) is 9.29. The van der Waals surface area contributed by atoms with Gasteiger partial charge in [-0.15, -0.1) is 11.8 Å². The minimum absolute atomic E-state index is 0.199. The molecule has 4 nitrogen and oxygen atoms in total. The summed E-state index contributed by atoms with van der Waals surface area (Å²) >= 11 is 1.56. The van der Waals surface area contributed by atoms with E-state index in [9.17, 15) is 4.79 Å². The smallest absolute Gasteiger partial charge is 0.232 e. The molecule has 1 unspecified atom stereocenters. The zero-order valence-corrected chi connectivity index (χ0v) is 11.8. The maximum absolute atomic E-state index is 12.1. The largest absolute Gasteiger partial charge is 0.396 e. The predicted octanol–water partition coefficient (Wildman–Crippen LogP) is 1.79. The summed E-state index contributed by atoms with van der Waals surface area (Å²) in [6, 6.07) is 3.84. The van der Waals surface area contributed by atoms with Crippen molar-refractivity contribution < 1.29 is 9.90 Å². The van der Waals surface area contributed by atoms with Crippen molar-refractivity contribution in [1.82, 2.24) is 9.88 Å². The van der Waals surface area contributed by atoms with Crippen LogP contribution < -0.4 is 0 Å². The van der Waals surface area contributed by atoms with Crippen molar-refractivity contribution in [2.24, 2.45) is 5.92 Å². The van der Waals surface area contributed by atoms with Crippen LogP contribution in [0.3, 0.4) is 0 Å². The molecule has 0 spiro atoms. The molecule has 0 aliphatic carbocycles. The number of hydrogen-bond acceptors (Lipinski definition) is 4. The van der Waals surface area contributed by atoms with Crippen molar-refractivity contribution in [1.29, 1.82) is 0 Å². The monoisotopic (exact) mass is 280 g/mol. The van der Waals surface area contributed by atoms with Crippen LogP contribution in [0.15, 0.2) is 29.4 Å². The van der Waals surface area contributed by atoms with Gasteiger partial charge in [0, 0.05) is 37.0 Å². The van der Waals surface area contributed by atoms with Gasteiger partial charge >= 0.3 is 0 Å². The fourth-order valence-electron chi connectivity index (χ4n) is 2.38. The first-order valence-electron chi connectivity index (χ1n) is 6.71. The van der Waals surface area contributed by atoms with Crippen LogP contribution in [0.1, 0.15) is 19.3 Å². The molecule has 0 saturated carbocycles. The molecule has 19 heavy (non-hydrogen) atoms. The number of carbonyl (C=O) groups is 1. The molecule has 1 amide bonds. The average molecular weight is 280 g/mol. The van der Waals surface area contributed by atoms with Gasteiger partial charge in [0.15, 0.2) is 0 Å². The Morgan fingerprint density at radius 1 is 1.47 bits per heavy atom. The molecule has 2 rings (SSSR count). The van der Waals surface area contributed by atoms with Crippen LogP contribution >= 0.6 is 11.8 Å². The highest BCUT2D eigenvalue weighted by molar-refractivity contribution is 8.00. The summed E-state index contributed by atoms with van der Waals surface area (Å²) in [5.41, 5.74) is 0. The molecule has 0 bridgehead atoms. The molecule has 2 heterocycles. The number of aliphatic hydroxyl groups is 1. The molecule has 1 N–H and O–H groups in total. The lowest BCUT2D eigenvalue weighted by Crippen LogP contribution is -2.41. The van der Waals surface area contributed by atoms with Crippen LogP contribution in [0, 0.1) is 5.92 Å². The Labute approximate surface area is 118 Å². The topological polar surface area (TPSA) is 53.4 Å². The molecular formula is C14H20N2O2S. The number of pyridine rings is 1. The molecule has 1 aromatic rings. The van der Waals surface area contributed by atoms with E-state index in [-0.39, 0.29) is 12.5 Å². The van der Waals surface area contributed by atoms with Crippen LogP contribution in [0.2, 0.25) is 0 Å². The third-order valence-corrected chi connectivity index (χ3v) is 4.42. The summed E-state index contributed by atoms with van der Waals surface area (Å²) in [5, 5.41) is 8.98. The minimum atomic E-state index is 0.199. The Kier molecular flexibility index (Phi) is 5.66. The molecule has 1 saturated heterocycles. The van der Waals surface area contributed by atoms with Crippen molar-refractivity contribution in [3.8, 4) is 0 Å². The zero-order valence-electron chi connectivity index (χ0n) is 11.0. The van der Waals surface area contributed by atoms with Gasteiger partial charge in [0.1, 0.15) is 0 Å². The van der Waals surface area contributed by atoms with E-state index in [1.807, 2.05) is 17.0 Å². The summed E-state index contributed by atoms with van der Waals surface area (Å²) in [4.78, 5) is 19.1. The lowest BCUT2D eigenvalue weighted by Gasteiger charge is -2.32. The highest BCUT2D eigenvalue weighted by Gasteiger charge is 2.23. The van der Waals surface area contributed by atoms with Gasteiger partial charge in [0.25, 0.3) is 0 Å². The number of carbonyl (C=O) groups excluding carboxylic acids is 1. The standard InChI is InChI=1S/C14H20N2O2S/c17-9-5-12-2-1-8-16(10-12)14(18)11-19-13-3-6-15-7-4-13/h3-4,6-7,12,17H,1-2,5,8-11H2. The van der Waals surface area contributed by atoms with E-state index in [1.165, 1.54) is 0 Å². The SMILES string of the molecule is O=C(CSc1ccncc1)N1CCCC(CCO)C1. The second kappa shape index (κ2) is 7.50. The Bertz CT molecular complexity index is 398. The molecule has 1 aromatic heterocycles. The van der Waals surface area contributed by atoms with Crippen molar-refractivity contribution in [3.63, 3.8) is 0 Å². The molecule has 104 valence electrons. The van der Waals surface area contributed by atoms with Crippen LogP contribution in [0.4, 0.5) is 0 Å². The van der Waals surface area contributed by atoms with Crippen LogP contribution in [0.25, 0.3) is 0 Å². The summed E-state index contributed by atoms with van der Waals surface area (Å²) in [7, 11) is 0. The van der Waals surface area contributed by atoms with Crippen molar-refractivity contribution >= 4 is 17.7 Å². The Hall–Kier alpha value is -1.07. The molecule has 1 atom stereocenters. The molecule has 1 aliphatic heterocycles. The average Bonchev–Trinajstić information content (AvgIpc) is 2.46. The summed E-state index contributed by atoms with van der Waals surface area (Å²) in [6.45, 7) is 1.88. The second-order valence-corrected chi connectivity index (χ2v) is 5.88. The highest BCUT2D eigenvalue weighted by Crippen LogP contribution is 2.22. The van der Waals surface area contributed by atoms with E-state index in [1.54, 1.807) is 24.2 Å². The molecule has 0 radical (unpaired) electrons. The van der Waals surface area contributed by atoms with Gasteiger partial charge in [-0.1, -0.05) is 0 Å². The van der Waals surface area contributed by atoms with E-state index in [0.717, 1.165) is 37.2 Å². The lowest BCUT2D eigenvalue weighted by molar-refractivity contribution is -0.130. The Balaban J connectivity index is 1.79. The first-order valence-corrected chi connectivity index (χ1v) is 7.69. The quantitative estimate of drug-likeness (QED) is 0.836. The maximum atomic E-state index is 12.1. The van der Waals surface area contributed by atoms with Gasteiger partial charge in [-0.3, -0.25) is 9.78 Å². The van der Waals surface area contributed by atoms with Crippen LogP contribution in [-0.4, -0.2) is 46.3 Å². The fraction of sp³-hybridized carbons (Fsp3) is 0.571. The second-order valence-electron chi connectivity index (χ2n) is 4.83.